The van der Waals surface area contributed by atoms with E-state index in [-0.39, 0.29) is 0 Å². The monoisotopic (exact) mass is 286 g/mol. The Kier molecular flexibility index (Phi) is 2.98. The van der Waals surface area contributed by atoms with Gasteiger partial charge in [0.25, 0.3) is 0 Å². The summed E-state index contributed by atoms with van der Waals surface area (Å²) in [6, 6.07) is 6.50. The molecule has 0 aliphatic heterocycles. The molecule has 0 saturated heterocycles. The summed E-state index contributed by atoms with van der Waals surface area (Å²) >= 11 is 1.90. The summed E-state index contributed by atoms with van der Waals surface area (Å²) in [7, 11) is 0. The predicted molar refractivity (Wildman–Crippen MR) is 48.9 cm³/mol. The Hall–Kier alpha value is -0.260. The SMILES string of the molecule is FC(F)(F)Cc1ccccc1I. The topological polar surface area (TPSA) is 0 Å². The maximum atomic E-state index is 11.9. The molecule has 1 aromatic rings. The predicted octanol–water partition coefficient (Wildman–Crippen LogP) is 3.40. The lowest BCUT2D eigenvalue weighted by Gasteiger charge is -2.07. The molecule has 0 radical (unpaired) electrons. The zero-order valence-electron chi connectivity index (χ0n) is 6.03. The molecule has 12 heavy (non-hydrogen) atoms. The van der Waals surface area contributed by atoms with Gasteiger partial charge in [-0.1, -0.05) is 18.2 Å². The van der Waals surface area contributed by atoms with Crippen molar-refractivity contribution < 1.29 is 13.2 Å². The Balaban J connectivity index is 2.83. The molecule has 4 heteroatoms. The molecule has 0 amide bonds. The standard InChI is InChI=1S/C8H6F3I/c9-8(10,11)5-6-3-1-2-4-7(6)12/h1-4H,5H2. The zero-order chi connectivity index (χ0) is 9.19. The van der Waals surface area contributed by atoms with Crippen LogP contribution in [0.4, 0.5) is 13.2 Å². The fourth-order valence-corrected chi connectivity index (χ4v) is 1.44. The van der Waals surface area contributed by atoms with E-state index in [4.69, 9.17) is 0 Å². The van der Waals surface area contributed by atoms with Crippen LogP contribution in [-0.2, 0) is 6.42 Å². The van der Waals surface area contributed by atoms with E-state index in [1.54, 1.807) is 18.2 Å². The highest BCUT2D eigenvalue weighted by molar-refractivity contribution is 14.1. The second kappa shape index (κ2) is 3.64. The van der Waals surface area contributed by atoms with E-state index in [0.717, 1.165) is 0 Å². The van der Waals surface area contributed by atoms with Crippen molar-refractivity contribution >= 4 is 22.6 Å². The number of halogens is 4. The molecule has 1 aromatic carbocycles. The maximum absolute atomic E-state index is 11.9. The Bertz CT molecular complexity index is 267. The van der Waals surface area contributed by atoms with Gasteiger partial charge in [-0.2, -0.15) is 13.2 Å². The highest BCUT2D eigenvalue weighted by atomic mass is 127. The van der Waals surface area contributed by atoms with Crippen molar-refractivity contribution in [2.45, 2.75) is 12.6 Å². The zero-order valence-corrected chi connectivity index (χ0v) is 8.19. The molecule has 0 fully saturated rings. The lowest BCUT2D eigenvalue weighted by atomic mass is 10.1. The van der Waals surface area contributed by atoms with Gasteiger partial charge in [-0.05, 0) is 34.2 Å². The van der Waals surface area contributed by atoms with Crippen LogP contribution in [0.25, 0.3) is 0 Å². The van der Waals surface area contributed by atoms with Gasteiger partial charge in [0.15, 0.2) is 0 Å². The van der Waals surface area contributed by atoms with Crippen molar-refractivity contribution in [1.82, 2.24) is 0 Å². The second-order valence-corrected chi connectivity index (χ2v) is 3.55. The first kappa shape index (κ1) is 9.83. The van der Waals surface area contributed by atoms with Gasteiger partial charge in [0.2, 0.25) is 0 Å². The Morgan fingerprint density at radius 2 is 1.75 bits per heavy atom. The second-order valence-electron chi connectivity index (χ2n) is 2.38. The van der Waals surface area contributed by atoms with Crippen LogP contribution >= 0.6 is 22.6 Å². The molecule has 0 atom stereocenters. The number of alkyl halides is 3. The summed E-state index contributed by atoms with van der Waals surface area (Å²) < 4.78 is 36.4. The van der Waals surface area contributed by atoms with Gasteiger partial charge in [-0.15, -0.1) is 0 Å². The Morgan fingerprint density at radius 1 is 1.17 bits per heavy atom. The summed E-state index contributed by atoms with van der Waals surface area (Å²) in [6.45, 7) is 0. The molecular weight excluding hydrogens is 280 g/mol. The molecule has 0 nitrogen and oxygen atoms in total. The molecule has 0 heterocycles. The van der Waals surface area contributed by atoms with Crippen molar-refractivity contribution in [3.05, 3.63) is 33.4 Å². The van der Waals surface area contributed by atoms with E-state index < -0.39 is 12.6 Å². The van der Waals surface area contributed by atoms with Crippen LogP contribution in [0.5, 0.6) is 0 Å². The maximum Gasteiger partial charge on any atom is 0.393 e. The van der Waals surface area contributed by atoms with E-state index in [1.807, 2.05) is 22.6 Å². The fraction of sp³-hybridized carbons (Fsp3) is 0.250. The number of rotatable bonds is 1. The van der Waals surface area contributed by atoms with Crippen molar-refractivity contribution in [1.29, 1.82) is 0 Å². The van der Waals surface area contributed by atoms with Gasteiger partial charge in [0.05, 0.1) is 6.42 Å². The van der Waals surface area contributed by atoms with Crippen molar-refractivity contribution in [2.24, 2.45) is 0 Å². The fourth-order valence-electron chi connectivity index (χ4n) is 0.858. The molecule has 0 aliphatic rings. The summed E-state index contributed by atoms with van der Waals surface area (Å²) in [5.74, 6) is 0. The number of benzene rings is 1. The lowest BCUT2D eigenvalue weighted by molar-refractivity contribution is -0.127. The Morgan fingerprint density at radius 3 is 2.25 bits per heavy atom. The average molecular weight is 286 g/mol. The first-order chi connectivity index (χ1) is 5.49. The number of hydrogen-bond acceptors (Lipinski definition) is 0. The minimum Gasteiger partial charge on any atom is -0.171 e. The normalized spacial score (nSPS) is 11.7. The van der Waals surface area contributed by atoms with Crippen LogP contribution in [0.3, 0.4) is 0 Å². The van der Waals surface area contributed by atoms with Crippen LogP contribution in [0.1, 0.15) is 5.56 Å². The van der Waals surface area contributed by atoms with Crippen LogP contribution < -0.4 is 0 Å². The molecule has 0 unspecified atom stereocenters. The van der Waals surface area contributed by atoms with E-state index >= 15 is 0 Å². The summed E-state index contributed by atoms with van der Waals surface area (Å²) in [4.78, 5) is 0. The molecular formula is C8H6F3I. The van der Waals surface area contributed by atoms with Gasteiger partial charge in [-0.25, -0.2) is 0 Å². The minimum absolute atomic E-state index is 0.339. The van der Waals surface area contributed by atoms with Crippen LogP contribution in [0, 0.1) is 3.57 Å². The van der Waals surface area contributed by atoms with Crippen molar-refractivity contribution in [3.63, 3.8) is 0 Å². The quantitative estimate of drug-likeness (QED) is 0.694. The van der Waals surface area contributed by atoms with Crippen LogP contribution in [0.15, 0.2) is 24.3 Å². The van der Waals surface area contributed by atoms with E-state index in [1.165, 1.54) is 6.07 Å². The van der Waals surface area contributed by atoms with Crippen LogP contribution in [0.2, 0.25) is 0 Å². The molecule has 66 valence electrons. The highest BCUT2D eigenvalue weighted by Gasteiger charge is 2.28. The van der Waals surface area contributed by atoms with Gasteiger partial charge < -0.3 is 0 Å². The van der Waals surface area contributed by atoms with Gasteiger partial charge in [0, 0.05) is 3.57 Å². The summed E-state index contributed by atoms with van der Waals surface area (Å²) in [5.41, 5.74) is 0.339. The molecule has 0 saturated carbocycles. The molecule has 0 aliphatic carbocycles. The van der Waals surface area contributed by atoms with E-state index in [0.29, 0.717) is 9.13 Å². The van der Waals surface area contributed by atoms with E-state index in [9.17, 15) is 13.2 Å². The molecule has 0 N–H and O–H groups in total. The molecule has 0 bridgehead atoms. The summed E-state index contributed by atoms with van der Waals surface area (Å²) in [5, 5.41) is 0. The van der Waals surface area contributed by atoms with Gasteiger partial charge in [0.1, 0.15) is 0 Å². The molecule has 0 spiro atoms. The summed E-state index contributed by atoms with van der Waals surface area (Å²) in [6.07, 6.45) is -4.95. The van der Waals surface area contributed by atoms with Gasteiger partial charge in [-0.3, -0.25) is 0 Å². The highest BCUT2D eigenvalue weighted by Crippen LogP contribution is 2.23. The minimum atomic E-state index is -4.11. The Labute approximate surface area is 81.9 Å². The third-order valence-corrected chi connectivity index (χ3v) is 2.40. The van der Waals surface area contributed by atoms with E-state index in [2.05, 4.69) is 0 Å². The average Bonchev–Trinajstić information content (AvgIpc) is 1.91. The molecule has 1 rings (SSSR count). The first-order valence-electron chi connectivity index (χ1n) is 3.29. The first-order valence-corrected chi connectivity index (χ1v) is 4.37. The lowest BCUT2D eigenvalue weighted by Crippen LogP contribution is -2.12. The largest absolute Gasteiger partial charge is 0.393 e. The molecule has 0 aromatic heterocycles. The van der Waals surface area contributed by atoms with Gasteiger partial charge >= 0.3 is 6.18 Å². The van der Waals surface area contributed by atoms with Crippen molar-refractivity contribution in [2.75, 3.05) is 0 Å². The van der Waals surface area contributed by atoms with Crippen LogP contribution in [-0.4, -0.2) is 6.18 Å². The number of hydrogen-bond donors (Lipinski definition) is 0. The third-order valence-electron chi connectivity index (χ3n) is 1.35. The smallest absolute Gasteiger partial charge is 0.171 e. The third kappa shape index (κ3) is 3.00. The van der Waals surface area contributed by atoms with Crippen molar-refractivity contribution in [3.8, 4) is 0 Å².